The zero-order valence-corrected chi connectivity index (χ0v) is 10.2. The number of rotatable bonds is 3. The van der Waals surface area contributed by atoms with Crippen LogP contribution in [-0.4, -0.2) is 14.8 Å². The van der Waals surface area contributed by atoms with E-state index in [0.29, 0.717) is 0 Å². The first-order valence-electron chi connectivity index (χ1n) is 4.98. The van der Waals surface area contributed by atoms with Crippen LogP contribution in [0.2, 0.25) is 0 Å². The van der Waals surface area contributed by atoms with Crippen LogP contribution >= 0.6 is 11.8 Å². The third kappa shape index (κ3) is 2.36. The lowest BCUT2D eigenvalue weighted by molar-refractivity contribution is 0.849. The van der Waals surface area contributed by atoms with E-state index in [0.717, 1.165) is 17.3 Å². The summed E-state index contributed by atoms with van der Waals surface area (Å²) in [4.78, 5) is 1.20. The summed E-state index contributed by atoms with van der Waals surface area (Å²) < 4.78 is 1.93. The lowest BCUT2D eigenvalue weighted by Gasteiger charge is -2.06. The van der Waals surface area contributed by atoms with Gasteiger partial charge in [0, 0.05) is 17.6 Å². The zero-order valence-electron chi connectivity index (χ0n) is 9.34. The van der Waals surface area contributed by atoms with Gasteiger partial charge in [-0.1, -0.05) is 6.07 Å². The number of nitrogens with zero attached hydrogens (tertiary/aromatic N) is 3. The Labute approximate surface area is 98.9 Å². The summed E-state index contributed by atoms with van der Waals surface area (Å²) in [5.74, 6) is 1.77. The van der Waals surface area contributed by atoms with Crippen LogP contribution in [-0.2, 0) is 12.8 Å². The average molecular weight is 234 g/mol. The van der Waals surface area contributed by atoms with Crippen molar-refractivity contribution >= 4 is 17.4 Å². The van der Waals surface area contributed by atoms with Gasteiger partial charge >= 0.3 is 0 Å². The highest BCUT2D eigenvalue weighted by atomic mass is 32.2. The van der Waals surface area contributed by atoms with Gasteiger partial charge in [-0.3, -0.25) is 0 Å². The monoisotopic (exact) mass is 234 g/mol. The number of aryl methyl sites for hydroxylation is 2. The van der Waals surface area contributed by atoms with E-state index in [9.17, 15) is 0 Å². The molecule has 0 saturated heterocycles. The van der Waals surface area contributed by atoms with Crippen molar-refractivity contribution in [1.82, 2.24) is 14.8 Å². The number of nitrogen functional groups attached to an aromatic ring is 1. The molecule has 2 rings (SSSR count). The van der Waals surface area contributed by atoms with Crippen molar-refractivity contribution in [3.63, 3.8) is 0 Å². The molecule has 4 nitrogen and oxygen atoms in total. The molecule has 5 heteroatoms. The van der Waals surface area contributed by atoms with Crippen molar-refractivity contribution in [1.29, 1.82) is 0 Å². The molecule has 2 aromatic rings. The molecule has 0 aliphatic rings. The molecule has 2 N–H and O–H groups in total. The fourth-order valence-corrected chi connectivity index (χ4v) is 2.41. The molecule has 1 aromatic carbocycles. The first-order chi connectivity index (χ1) is 7.66. The molecule has 0 unspecified atom stereocenters. The first kappa shape index (κ1) is 11.0. The van der Waals surface area contributed by atoms with Crippen LogP contribution in [0.4, 0.5) is 5.69 Å². The Kier molecular flexibility index (Phi) is 3.14. The molecule has 0 aliphatic heterocycles. The molecule has 0 spiro atoms. The molecular weight excluding hydrogens is 220 g/mol. The predicted molar refractivity (Wildman–Crippen MR) is 66.2 cm³/mol. The van der Waals surface area contributed by atoms with E-state index in [4.69, 9.17) is 5.73 Å². The fraction of sp³-hybridized carbons (Fsp3) is 0.273. The van der Waals surface area contributed by atoms with E-state index in [1.54, 1.807) is 18.1 Å². The van der Waals surface area contributed by atoms with Gasteiger partial charge in [0.2, 0.25) is 0 Å². The summed E-state index contributed by atoms with van der Waals surface area (Å²) in [6.45, 7) is 2.08. The van der Waals surface area contributed by atoms with Crippen LogP contribution in [0.15, 0.2) is 29.4 Å². The Morgan fingerprint density at radius 2 is 2.25 bits per heavy atom. The van der Waals surface area contributed by atoms with Gasteiger partial charge in [-0.15, -0.1) is 22.0 Å². The molecule has 1 aromatic heterocycles. The molecule has 84 valence electrons. The Morgan fingerprint density at radius 3 is 2.94 bits per heavy atom. The highest BCUT2D eigenvalue weighted by Gasteiger charge is 2.04. The molecule has 0 aliphatic carbocycles. The number of hydrogen-bond donors (Lipinski definition) is 1. The van der Waals surface area contributed by atoms with Crippen LogP contribution in [0, 0.1) is 6.92 Å². The molecular formula is C11H14N4S. The minimum atomic E-state index is 0.797. The predicted octanol–water partition coefficient (Wildman–Crippen LogP) is 2.00. The minimum Gasteiger partial charge on any atom is -0.399 e. The van der Waals surface area contributed by atoms with Gasteiger partial charge in [0.25, 0.3) is 0 Å². The van der Waals surface area contributed by atoms with Gasteiger partial charge in [0.15, 0.2) is 0 Å². The van der Waals surface area contributed by atoms with Gasteiger partial charge in [-0.25, -0.2) is 0 Å². The van der Waals surface area contributed by atoms with Gasteiger partial charge in [0.1, 0.15) is 12.2 Å². The summed E-state index contributed by atoms with van der Waals surface area (Å²) in [6, 6.07) is 5.95. The van der Waals surface area contributed by atoms with Crippen LogP contribution in [0.25, 0.3) is 0 Å². The average Bonchev–Trinajstić information content (AvgIpc) is 2.66. The first-order valence-corrected chi connectivity index (χ1v) is 5.97. The van der Waals surface area contributed by atoms with Gasteiger partial charge in [-0.2, -0.15) is 0 Å². The van der Waals surface area contributed by atoms with Crippen molar-refractivity contribution in [2.24, 2.45) is 7.05 Å². The highest BCUT2D eigenvalue weighted by molar-refractivity contribution is 7.98. The summed E-state index contributed by atoms with van der Waals surface area (Å²) in [6.07, 6.45) is 1.71. The lowest BCUT2D eigenvalue weighted by atomic mass is 10.2. The Hall–Kier alpha value is -1.49. The van der Waals surface area contributed by atoms with E-state index in [-0.39, 0.29) is 0 Å². The van der Waals surface area contributed by atoms with Gasteiger partial charge in [-0.05, 0) is 24.6 Å². The number of thioether (sulfide) groups is 1. The van der Waals surface area contributed by atoms with Crippen molar-refractivity contribution in [2.45, 2.75) is 17.6 Å². The number of benzene rings is 1. The summed E-state index contributed by atoms with van der Waals surface area (Å²) in [5, 5.41) is 7.89. The maximum atomic E-state index is 5.76. The number of aromatic nitrogens is 3. The largest absolute Gasteiger partial charge is 0.399 e. The van der Waals surface area contributed by atoms with E-state index in [1.807, 2.05) is 29.8 Å². The third-order valence-electron chi connectivity index (χ3n) is 2.37. The molecule has 16 heavy (non-hydrogen) atoms. The molecule has 0 radical (unpaired) electrons. The van der Waals surface area contributed by atoms with E-state index in [1.165, 1.54) is 10.5 Å². The van der Waals surface area contributed by atoms with Crippen molar-refractivity contribution < 1.29 is 0 Å². The van der Waals surface area contributed by atoms with E-state index >= 15 is 0 Å². The lowest BCUT2D eigenvalue weighted by Crippen LogP contribution is -1.95. The Morgan fingerprint density at radius 1 is 1.44 bits per heavy atom. The van der Waals surface area contributed by atoms with Gasteiger partial charge in [0.05, 0.1) is 5.75 Å². The summed E-state index contributed by atoms with van der Waals surface area (Å²) in [7, 11) is 1.95. The summed E-state index contributed by atoms with van der Waals surface area (Å²) >= 11 is 1.73. The second kappa shape index (κ2) is 4.57. The molecule has 0 fully saturated rings. The SMILES string of the molecule is Cc1ccc(N)cc1SCc1nncn1C. The number of hydrogen-bond acceptors (Lipinski definition) is 4. The zero-order chi connectivity index (χ0) is 11.5. The smallest absolute Gasteiger partial charge is 0.142 e. The second-order valence-corrected chi connectivity index (χ2v) is 4.69. The topological polar surface area (TPSA) is 56.7 Å². The molecule has 1 heterocycles. The standard InChI is InChI=1S/C11H14N4S/c1-8-3-4-9(12)5-10(8)16-6-11-14-13-7-15(11)2/h3-5,7H,6,12H2,1-2H3. The second-order valence-electron chi connectivity index (χ2n) is 3.67. The Balaban J connectivity index is 2.10. The molecule has 0 atom stereocenters. The van der Waals surface area contributed by atoms with Crippen LogP contribution in [0.1, 0.15) is 11.4 Å². The maximum absolute atomic E-state index is 5.76. The molecule has 0 amide bonds. The quantitative estimate of drug-likeness (QED) is 0.652. The summed E-state index contributed by atoms with van der Waals surface area (Å²) in [5.41, 5.74) is 7.79. The van der Waals surface area contributed by atoms with Gasteiger partial charge < -0.3 is 10.3 Å². The maximum Gasteiger partial charge on any atom is 0.142 e. The van der Waals surface area contributed by atoms with Crippen molar-refractivity contribution in [3.05, 3.63) is 35.9 Å². The van der Waals surface area contributed by atoms with E-state index < -0.39 is 0 Å². The number of anilines is 1. The highest BCUT2D eigenvalue weighted by Crippen LogP contribution is 2.26. The van der Waals surface area contributed by atoms with Crippen LogP contribution < -0.4 is 5.73 Å². The molecule has 0 bridgehead atoms. The Bertz CT molecular complexity index is 492. The fourth-order valence-electron chi connectivity index (χ4n) is 1.35. The molecule has 0 saturated carbocycles. The van der Waals surface area contributed by atoms with Crippen molar-refractivity contribution in [3.8, 4) is 0 Å². The van der Waals surface area contributed by atoms with E-state index in [2.05, 4.69) is 17.1 Å². The number of nitrogens with two attached hydrogens (primary N) is 1. The normalized spacial score (nSPS) is 10.6. The van der Waals surface area contributed by atoms with Crippen LogP contribution in [0.5, 0.6) is 0 Å². The minimum absolute atomic E-state index is 0.797. The van der Waals surface area contributed by atoms with Crippen molar-refractivity contribution in [2.75, 3.05) is 5.73 Å². The van der Waals surface area contributed by atoms with Crippen LogP contribution in [0.3, 0.4) is 0 Å². The third-order valence-corrected chi connectivity index (χ3v) is 3.53.